The quantitative estimate of drug-likeness (QED) is 0.652. The van der Waals surface area contributed by atoms with Gasteiger partial charge in [-0.2, -0.15) is 0 Å². The highest BCUT2D eigenvalue weighted by Gasteiger charge is 2.02. The largest absolute Gasteiger partial charge is 0.418 e. The number of hydrogen-bond acceptors (Lipinski definition) is 4. The molecule has 0 amide bonds. The molecule has 1 heterocycles. The Hall–Kier alpha value is -1.84. The molecule has 66 valence electrons. The molecule has 4 nitrogen and oxygen atoms in total. The smallest absolute Gasteiger partial charge is 0.379 e. The maximum absolute atomic E-state index is 11.0. The molecule has 0 radical (unpaired) electrons. The van der Waals surface area contributed by atoms with Gasteiger partial charge in [0.15, 0.2) is 5.58 Å². The van der Waals surface area contributed by atoms with Crippen LogP contribution in [0.3, 0.4) is 0 Å². The highest BCUT2D eigenvalue weighted by Crippen LogP contribution is 2.12. The fraction of sp³-hybridized carbons (Fsp3) is 0.111. The molecule has 1 aromatic heterocycles. The van der Waals surface area contributed by atoms with Gasteiger partial charge in [-0.25, -0.2) is 9.78 Å². The molecule has 0 spiro atoms. The van der Waals surface area contributed by atoms with Crippen LogP contribution in [0, 0.1) is 6.92 Å². The zero-order valence-corrected chi connectivity index (χ0v) is 7.07. The van der Waals surface area contributed by atoms with Crippen LogP contribution in [-0.4, -0.2) is 4.98 Å². The molecule has 2 rings (SSSR count). The molecule has 0 unspecified atom stereocenters. The molecule has 4 heteroatoms. The Bertz CT molecular complexity index is 516. The Kier molecular flexibility index (Phi) is 1.55. The topological polar surface area (TPSA) is 69.1 Å². The van der Waals surface area contributed by atoms with E-state index in [1.54, 1.807) is 6.07 Å². The van der Waals surface area contributed by atoms with Crippen molar-refractivity contribution in [1.29, 1.82) is 0 Å². The molecule has 0 aliphatic rings. The second kappa shape index (κ2) is 2.58. The normalized spacial score (nSPS) is 10.5. The van der Waals surface area contributed by atoms with Gasteiger partial charge >= 0.3 is 5.63 Å². The third-order valence-corrected chi connectivity index (χ3v) is 1.77. The van der Waals surface area contributed by atoms with Gasteiger partial charge < -0.3 is 10.2 Å². The Morgan fingerprint density at radius 3 is 3.00 bits per heavy atom. The van der Waals surface area contributed by atoms with Crippen molar-refractivity contribution in [3.05, 3.63) is 34.2 Å². The number of rotatable bonds is 0. The van der Waals surface area contributed by atoms with Crippen LogP contribution in [0.15, 0.2) is 27.4 Å². The minimum Gasteiger partial charge on any atom is -0.418 e. The third-order valence-electron chi connectivity index (χ3n) is 1.77. The highest BCUT2D eigenvalue weighted by molar-refractivity contribution is 5.73. The van der Waals surface area contributed by atoms with Gasteiger partial charge in [-0.15, -0.1) is 0 Å². The maximum atomic E-state index is 11.0. The molecule has 2 N–H and O–H groups in total. The van der Waals surface area contributed by atoms with Crippen molar-refractivity contribution in [1.82, 2.24) is 4.98 Å². The first kappa shape index (κ1) is 7.79. The maximum Gasteiger partial charge on any atom is 0.379 e. The molecule has 0 bridgehead atoms. The minimum atomic E-state index is -0.587. The molecule has 0 saturated carbocycles. The first-order valence-corrected chi connectivity index (χ1v) is 3.84. The van der Waals surface area contributed by atoms with Gasteiger partial charge in [0.2, 0.25) is 5.82 Å². The second-order valence-corrected chi connectivity index (χ2v) is 2.86. The van der Waals surface area contributed by atoms with E-state index in [4.69, 9.17) is 10.2 Å². The molecular formula is C9H8N2O2. The lowest BCUT2D eigenvalue weighted by Gasteiger charge is -1.97. The molecule has 13 heavy (non-hydrogen) atoms. The number of fused-ring (bicyclic) bond motifs is 1. The summed E-state index contributed by atoms with van der Waals surface area (Å²) in [7, 11) is 0. The van der Waals surface area contributed by atoms with E-state index >= 15 is 0 Å². The number of nitrogen functional groups attached to an aromatic ring is 1. The average Bonchev–Trinajstić information content (AvgIpc) is 2.08. The molecule has 0 aliphatic carbocycles. The summed E-state index contributed by atoms with van der Waals surface area (Å²) in [5, 5.41) is 0. The fourth-order valence-corrected chi connectivity index (χ4v) is 1.13. The van der Waals surface area contributed by atoms with Crippen LogP contribution in [0.25, 0.3) is 11.1 Å². The first-order valence-electron chi connectivity index (χ1n) is 3.84. The highest BCUT2D eigenvalue weighted by atomic mass is 16.4. The van der Waals surface area contributed by atoms with Crippen LogP contribution >= 0.6 is 0 Å². The van der Waals surface area contributed by atoms with Crippen LogP contribution in [0.4, 0.5) is 5.82 Å². The minimum absolute atomic E-state index is 0.0990. The summed E-state index contributed by atoms with van der Waals surface area (Å²) in [5.41, 5.74) is 6.85. The number of benzene rings is 1. The van der Waals surface area contributed by atoms with E-state index < -0.39 is 5.63 Å². The lowest BCUT2D eigenvalue weighted by molar-refractivity contribution is 0.559. The van der Waals surface area contributed by atoms with E-state index in [0.29, 0.717) is 11.1 Å². The molecule has 0 saturated heterocycles. The van der Waals surface area contributed by atoms with Crippen molar-refractivity contribution in [2.75, 3.05) is 5.73 Å². The van der Waals surface area contributed by atoms with Gasteiger partial charge in [0.25, 0.3) is 0 Å². The SMILES string of the molecule is Cc1ccc2oc(=O)c(N)nc2c1. The number of aromatic nitrogens is 1. The van der Waals surface area contributed by atoms with Crippen LogP contribution in [0.2, 0.25) is 0 Å². The van der Waals surface area contributed by atoms with E-state index in [0.717, 1.165) is 5.56 Å². The second-order valence-electron chi connectivity index (χ2n) is 2.86. The zero-order chi connectivity index (χ0) is 9.42. The molecule has 2 aromatic rings. The number of anilines is 1. The van der Waals surface area contributed by atoms with Crippen molar-refractivity contribution in [2.45, 2.75) is 6.92 Å². The van der Waals surface area contributed by atoms with Crippen LogP contribution in [0.1, 0.15) is 5.56 Å². The van der Waals surface area contributed by atoms with Crippen molar-refractivity contribution < 1.29 is 4.42 Å². The van der Waals surface area contributed by atoms with Crippen molar-refractivity contribution in [3.63, 3.8) is 0 Å². The monoisotopic (exact) mass is 176 g/mol. The van der Waals surface area contributed by atoms with Gasteiger partial charge in [0, 0.05) is 0 Å². The standard InChI is InChI=1S/C9H8N2O2/c1-5-2-3-7-6(4-5)11-8(10)9(12)13-7/h2-4H,1H3,(H2,10,11). The summed E-state index contributed by atoms with van der Waals surface area (Å²) in [6, 6.07) is 5.37. The first-order chi connectivity index (χ1) is 6.16. The number of hydrogen-bond donors (Lipinski definition) is 1. The van der Waals surface area contributed by atoms with Gasteiger partial charge in [-0.3, -0.25) is 0 Å². The molecule has 0 atom stereocenters. The van der Waals surface area contributed by atoms with Gasteiger partial charge in [0.1, 0.15) is 5.52 Å². The van der Waals surface area contributed by atoms with Crippen molar-refractivity contribution in [3.8, 4) is 0 Å². The predicted molar refractivity (Wildman–Crippen MR) is 49.4 cm³/mol. The van der Waals surface area contributed by atoms with Crippen LogP contribution in [0.5, 0.6) is 0 Å². The molecule has 0 aliphatic heterocycles. The summed E-state index contributed by atoms with van der Waals surface area (Å²) in [6.07, 6.45) is 0. The molecular weight excluding hydrogens is 168 g/mol. The Morgan fingerprint density at radius 1 is 1.46 bits per heavy atom. The van der Waals surface area contributed by atoms with E-state index in [-0.39, 0.29) is 5.82 Å². The summed E-state index contributed by atoms with van der Waals surface area (Å²) >= 11 is 0. The van der Waals surface area contributed by atoms with Crippen LogP contribution < -0.4 is 11.4 Å². The van der Waals surface area contributed by atoms with Crippen molar-refractivity contribution in [2.24, 2.45) is 0 Å². The fourth-order valence-electron chi connectivity index (χ4n) is 1.13. The lowest BCUT2D eigenvalue weighted by atomic mass is 10.2. The predicted octanol–water partition coefficient (Wildman–Crippen LogP) is 1.08. The molecule has 0 fully saturated rings. The van der Waals surface area contributed by atoms with E-state index in [1.165, 1.54) is 0 Å². The van der Waals surface area contributed by atoms with E-state index in [2.05, 4.69) is 4.98 Å². The summed E-state index contributed by atoms with van der Waals surface area (Å²) < 4.78 is 4.90. The number of aryl methyl sites for hydroxylation is 1. The van der Waals surface area contributed by atoms with Gasteiger partial charge in [-0.1, -0.05) is 6.07 Å². The summed E-state index contributed by atoms with van der Waals surface area (Å²) in [6.45, 7) is 1.93. The van der Waals surface area contributed by atoms with E-state index in [1.807, 2.05) is 19.1 Å². The molecule has 1 aromatic carbocycles. The zero-order valence-electron chi connectivity index (χ0n) is 7.07. The Morgan fingerprint density at radius 2 is 2.23 bits per heavy atom. The lowest BCUT2D eigenvalue weighted by Crippen LogP contribution is -2.08. The number of nitrogens with two attached hydrogens (primary N) is 1. The Balaban J connectivity index is 2.89. The van der Waals surface area contributed by atoms with Gasteiger partial charge in [0.05, 0.1) is 0 Å². The van der Waals surface area contributed by atoms with Gasteiger partial charge in [-0.05, 0) is 24.6 Å². The van der Waals surface area contributed by atoms with Crippen LogP contribution in [-0.2, 0) is 0 Å². The Labute approximate surface area is 74.0 Å². The summed E-state index contributed by atoms with van der Waals surface area (Å²) in [4.78, 5) is 14.9. The van der Waals surface area contributed by atoms with E-state index in [9.17, 15) is 4.79 Å². The third kappa shape index (κ3) is 1.26. The average molecular weight is 176 g/mol. The van der Waals surface area contributed by atoms with Crippen molar-refractivity contribution >= 4 is 16.9 Å². The summed E-state index contributed by atoms with van der Waals surface area (Å²) in [5.74, 6) is -0.0990. The number of nitrogens with zero attached hydrogens (tertiary/aromatic N) is 1.